The maximum Gasteiger partial charge on any atom is 0.269 e. The summed E-state index contributed by atoms with van der Waals surface area (Å²) in [6.45, 7) is 5.58. The summed E-state index contributed by atoms with van der Waals surface area (Å²) in [6, 6.07) is 4.81. The third kappa shape index (κ3) is 3.12. The first-order valence-electron chi connectivity index (χ1n) is 8.43. The van der Waals surface area contributed by atoms with Gasteiger partial charge in [0.1, 0.15) is 4.70 Å². The van der Waals surface area contributed by atoms with Crippen LogP contribution in [0.4, 0.5) is 4.39 Å². The van der Waals surface area contributed by atoms with Crippen LogP contribution < -0.4 is 10.3 Å². The number of nitrogens with zero attached hydrogens (tertiary/aromatic N) is 2. The molecular formula is C19H17FN4O2S. The number of nitrogens with one attached hydrogen (secondary N) is 2. The highest BCUT2D eigenvalue weighted by Gasteiger charge is 2.19. The molecule has 0 radical (unpaired) electrons. The molecule has 0 bridgehead atoms. The molecule has 4 aromatic rings. The van der Waals surface area contributed by atoms with Crippen LogP contribution in [0.2, 0.25) is 0 Å². The number of imidazole rings is 1. The highest BCUT2D eigenvalue weighted by atomic mass is 32.1. The average Bonchev–Trinajstić information content (AvgIpc) is 3.24. The second-order valence-electron chi connectivity index (χ2n) is 6.38. The monoisotopic (exact) mass is 384 g/mol. The van der Waals surface area contributed by atoms with E-state index in [-0.39, 0.29) is 17.4 Å². The Bertz CT molecular complexity index is 1180. The predicted octanol–water partition coefficient (Wildman–Crippen LogP) is 4.28. The van der Waals surface area contributed by atoms with Crippen LogP contribution in [-0.2, 0) is 0 Å². The SMILES string of the molecule is Cc1sc2c(=O)[nH]c(-c3ncc[nH]3)nc2c1-c1ccc(OC(C)C)c(F)c1. The van der Waals surface area contributed by atoms with Gasteiger partial charge in [0.2, 0.25) is 0 Å². The lowest BCUT2D eigenvalue weighted by Gasteiger charge is -2.11. The number of aromatic nitrogens is 4. The third-order valence-corrected chi connectivity index (χ3v) is 5.12. The van der Waals surface area contributed by atoms with E-state index < -0.39 is 5.82 Å². The van der Waals surface area contributed by atoms with Gasteiger partial charge in [0, 0.05) is 22.8 Å². The van der Waals surface area contributed by atoms with Crippen molar-refractivity contribution in [3.05, 3.63) is 51.6 Å². The topological polar surface area (TPSA) is 83.7 Å². The summed E-state index contributed by atoms with van der Waals surface area (Å²) < 4.78 is 20.5. The third-order valence-electron chi connectivity index (χ3n) is 4.03. The zero-order chi connectivity index (χ0) is 19.1. The first kappa shape index (κ1) is 17.4. The molecule has 8 heteroatoms. The van der Waals surface area contributed by atoms with Crippen LogP contribution in [0.15, 0.2) is 35.4 Å². The minimum Gasteiger partial charge on any atom is -0.488 e. The largest absolute Gasteiger partial charge is 0.488 e. The van der Waals surface area contributed by atoms with Gasteiger partial charge in [-0.3, -0.25) is 4.79 Å². The van der Waals surface area contributed by atoms with Gasteiger partial charge in [-0.2, -0.15) is 0 Å². The highest BCUT2D eigenvalue weighted by Crippen LogP contribution is 2.37. The molecular weight excluding hydrogens is 367 g/mol. The summed E-state index contributed by atoms with van der Waals surface area (Å²) >= 11 is 1.34. The summed E-state index contributed by atoms with van der Waals surface area (Å²) in [5, 5.41) is 0. The number of aryl methyl sites for hydroxylation is 1. The summed E-state index contributed by atoms with van der Waals surface area (Å²) in [6.07, 6.45) is 3.12. The number of rotatable bonds is 4. The second kappa shape index (κ2) is 6.62. The van der Waals surface area contributed by atoms with Crippen LogP contribution in [-0.4, -0.2) is 26.0 Å². The molecule has 6 nitrogen and oxygen atoms in total. The summed E-state index contributed by atoms with van der Waals surface area (Å²) in [5.41, 5.74) is 1.68. The van der Waals surface area contributed by atoms with Crippen molar-refractivity contribution in [2.45, 2.75) is 26.9 Å². The van der Waals surface area contributed by atoms with Crippen molar-refractivity contribution in [1.82, 2.24) is 19.9 Å². The van der Waals surface area contributed by atoms with E-state index in [0.29, 0.717) is 27.4 Å². The lowest BCUT2D eigenvalue weighted by molar-refractivity contribution is 0.231. The van der Waals surface area contributed by atoms with Crippen LogP contribution in [0.5, 0.6) is 5.75 Å². The quantitative estimate of drug-likeness (QED) is 0.550. The predicted molar refractivity (Wildman–Crippen MR) is 104 cm³/mol. The lowest BCUT2D eigenvalue weighted by atomic mass is 10.0. The van der Waals surface area contributed by atoms with Gasteiger partial charge in [-0.15, -0.1) is 11.3 Å². The maximum atomic E-state index is 14.5. The maximum absolute atomic E-state index is 14.5. The number of H-pyrrole nitrogens is 2. The van der Waals surface area contributed by atoms with Gasteiger partial charge >= 0.3 is 0 Å². The van der Waals surface area contributed by atoms with E-state index in [1.54, 1.807) is 24.5 Å². The van der Waals surface area contributed by atoms with Crippen LogP contribution in [0, 0.1) is 12.7 Å². The van der Waals surface area contributed by atoms with Gasteiger partial charge < -0.3 is 14.7 Å². The Morgan fingerprint density at radius 1 is 1.26 bits per heavy atom. The summed E-state index contributed by atoms with van der Waals surface area (Å²) in [7, 11) is 0. The molecule has 0 unspecified atom stereocenters. The van der Waals surface area contributed by atoms with Crippen molar-refractivity contribution >= 4 is 21.6 Å². The van der Waals surface area contributed by atoms with Crippen LogP contribution in [0.25, 0.3) is 33.0 Å². The number of thiophene rings is 1. The molecule has 27 heavy (non-hydrogen) atoms. The standard InChI is InChI=1S/C19H17FN4O2S/c1-9(2)26-13-5-4-11(8-12(13)20)14-10(3)27-16-15(14)23-18(24-19(16)25)17-21-6-7-22-17/h4-9H,1-3H3,(H,21,22)(H,23,24,25). The van der Waals surface area contributed by atoms with E-state index in [1.807, 2.05) is 20.8 Å². The molecule has 138 valence electrons. The van der Waals surface area contributed by atoms with E-state index in [1.165, 1.54) is 17.4 Å². The number of aromatic amines is 2. The Kier molecular flexibility index (Phi) is 4.27. The van der Waals surface area contributed by atoms with E-state index in [0.717, 1.165) is 10.4 Å². The van der Waals surface area contributed by atoms with Gasteiger partial charge in [0.15, 0.2) is 23.2 Å². The fourth-order valence-corrected chi connectivity index (χ4v) is 3.96. The van der Waals surface area contributed by atoms with Gasteiger partial charge in [-0.1, -0.05) is 6.07 Å². The first-order chi connectivity index (χ1) is 12.9. The Labute approximate surface area is 158 Å². The van der Waals surface area contributed by atoms with Crippen molar-refractivity contribution in [3.8, 4) is 28.5 Å². The zero-order valence-corrected chi connectivity index (χ0v) is 15.8. The van der Waals surface area contributed by atoms with Gasteiger partial charge in [0.05, 0.1) is 11.6 Å². The molecule has 3 aromatic heterocycles. The van der Waals surface area contributed by atoms with Crippen molar-refractivity contribution in [1.29, 1.82) is 0 Å². The number of ether oxygens (including phenoxy) is 1. The Morgan fingerprint density at radius 2 is 2.07 bits per heavy atom. The van der Waals surface area contributed by atoms with Crippen LogP contribution in [0.1, 0.15) is 18.7 Å². The van der Waals surface area contributed by atoms with Crippen molar-refractivity contribution < 1.29 is 9.13 Å². The molecule has 2 N–H and O–H groups in total. The molecule has 1 aromatic carbocycles. The van der Waals surface area contributed by atoms with E-state index in [2.05, 4.69) is 19.9 Å². The number of halogens is 1. The normalized spacial score (nSPS) is 11.4. The van der Waals surface area contributed by atoms with Crippen LogP contribution >= 0.6 is 11.3 Å². The minimum absolute atomic E-state index is 0.120. The van der Waals surface area contributed by atoms with Gasteiger partial charge in [0.25, 0.3) is 5.56 Å². The van der Waals surface area contributed by atoms with Crippen molar-refractivity contribution in [2.75, 3.05) is 0 Å². The molecule has 0 aliphatic rings. The molecule has 0 saturated carbocycles. The fourth-order valence-electron chi connectivity index (χ4n) is 2.95. The minimum atomic E-state index is -0.448. The molecule has 0 fully saturated rings. The summed E-state index contributed by atoms with van der Waals surface area (Å²) in [4.78, 5) is 27.8. The highest BCUT2D eigenvalue weighted by molar-refractivity contribution is 7.19. The Hall–Kier alpha value is -3.00. The number of hydrogen-bond acceptors (Lipinski definition) is 5. The average molecular weight is 384 g/mol. The van der Waals surface area contributed by atoms with E-state index in [4.69, 9.17) is 4.74 Å². The van der Waals surface area contributed by atoms with E-state index in [9.17, 15) is 9.18 Å². The summed E-state index contributed by atoms with van der Waals surface area (Å²) in [5.74, 6) is 0.566. The number of hydrogen-bond donors (Lipinski definition) is 2. The molecule has 0 aliphatic heterocycles. The van der Waals surface area contributed by atoms with Crippen LogP contribution in [0.3, 0.4) is 0 Å². The zero-order valence-electron chi connectivity index (χ0n) is 15.0. The number of fused-ring (bicyclic) bond motifs is 1. The second-order valence-corrected chi connectivity index (χ2v) is 7.60. The van der Waals surface area contributed by atoms with Crippen molar-refractivity contribution in [3.63, 3.8) is 0 Å². The molecule has 4 rings (SSSR count). The molecule has 0 aliphatic carbocycles. The molecule has 3 heterocycles. The van der Waals surface area contributed by atoms with Gasteiger partial charge in [-0.05, 0) is 38.5 Å². The smallest absolute Gasteiger partial charge is 0.269 e. The molecule has 0 atom stereocenters. The number of benzene rings is 1. The molecule has 0 saturated heterocycles. The van der Waals surface area contributed by atoms with E-state index >= 15 is 0 Å². The molecule has 0 spiro atoms. The van der Waals surface area contributed by atoms with Crippen molar-refractivity contribution in [2.24, 2.45) is 0 Å². The Balaban J connectivity index is 1.90. The first-order valence-corrected chi connectivity index (χ1v) is 9.25. The van der Waals surface area contributed by atoms with Gasteiger partial charge in [-0.25, -0.2) is 14.4 Å². The fraction of sp³-hybridized carbons (Fsp3) is 0.211. The lowest BCUT2D eigenvalue weighted by Crippen LogP contribution is -2.08. The molecule has 0 amide bonds. The Morgan fingerprint density at radius 3 is 2.74 bits per heavy atom.